The predicted octanol–water partition coefficient (Wildman–Crippen LogP) is 5.42. The number of amides is 1. The topological polar surface area (TPSA) is 62.1 Å². The molecule has 1 heterocycles. The van der Waals surface area contributed by atoms with E-state index >= 15 is 0 Å². The highest BCUT2D eigenvalue weighted by Gasteiger charge is 2.25. The summed E-state index contributed by atoms with van der Waals surface area (Å²) in [6.07, 6.45) is 4.06. The zero-order valence-electron chi connectivity index (χ0n) is 16.2. The fraction of sp³-hybridized carbons (Fsp3) is 0.455. The lowest BCUT2D eigenvalue weighted by Gasteiger charge is -2.17. The van der Waals surface area contributed by atoms with Gasteiger partial charge in [-0.25, -0.2) is 0 Å². The number of nitrogens with one attached hydrogen (secondary N) is 1. The van der Waals surface area contributed by atoms with Crippen molar-refractivity contribution in [3.8, 4) is 11.8 Å². The van der Waals surface area contributed by atoms with E-state index in [-0.39, 0.29) is 5.91 Å². The normalized spacial score (nSPS) is 15.9. The molecule has 1 aliphatic rings. The largest absolute Gasteiger partial charge is 0.494 e. The van der Waals surface area contributed by atoms with Crippen molar-refractivity contribution in [3.63, 3.8) is 0 Å². The summed E-state index contributed by atoms with van der Waals surface area (Å²) in [7, 11) is 0. The second kappa shape index (κ2) is 8.58. The molecule has 1 amide bonds. The van der Waals surface area contributed by atoms with Crippen LogP contribution in [-0.4, -0.2) is 12.5 Å². The number of nitrogens with zero attached hydrogens (tertiary/aromatic N) is 1. The summed E-state index contributed by atoms with van der Waals surface area (Å²) in [6, 6.07) is 9.47. The average Bonchev–Trinajstić information content (AvgIpc) is 2.98. The summed E-state index contributed by atoms with van der Waals surface area (Å²) in [5.74, 6) is 1.77. The van der Waals surface area contributed by atoms with Gasteiger partial charge in [-0.1, -0.05) is 20.8 Å². The summed E-state index contributed by atoms with van der Waals surface area (Å²) in [5.41, 5.74) is 2.34. The summed E-state index contributed by atoms with van der Waals surface area (Å²) in [5, 5.41) is 13.2. The van der Waals surface area contributed by atoms with Crippen molar-refractivity contribution >= 4 is 22.2 Å². The third-order valence-electron chi connectivity index (χ3n) is 4.93. The Kier molecular flexibility index (Phi) is 6.18. The number of benzene rings is 1. The molecule has 0 bridgehead atoms. The van der Waals surface area contributed by atoms with Crippen LogP contribution < -0.4 is 10.1 Å². The van der Waals surface area contributed by atoms with Crippen molar-refractivity contribution in [1.29, 1.82) is 5.26 Å². The molecule has 1 N–H and O–H groups in total. The molecule has 0 saturated heterocycles. The summed E-state index contributed by atoms with van der Waals surface area (Å²) >= 11 is 1.55. The molecule has 27 heavy (non-hydrogen) atoms. The Morgan fingerprint density at radius 1 is 1.37 bits per heavy atom. The molecule has 1 aromatic heterocycles. The lowest BCUT2D eigenvalue weighted by molar-refractivity contribution is 0.102. The number of ether oxygens (including phenoxy) is 1. The van der Waals surface area contributed by atoms with Gasteiger partial charge >= 0.3 is 0 Å². The van der Waals surface area contributed by atoms with Crippen LogP contribution >= 0.6 is 11.3 Å². The average molecular weight is 383 g/mol. The molecule has 142 valence electrons. The lowest BCUT2D eigenvalue weighted by Crippen LogP contribution is -2.12. The van der Waals surface area contributed by atoms with E-state index in [2.05, 4.69) is 32.2 Å². The molecule has 0 radical (unpaired) electrons. The molecule has 5 heteroatoms. The molecule has 1 aromatic carbocycles. The highest BCUT2D eigenvalue weighted by molar-refractivity contribution is 7.16. The SMILES string of the molecule is CC(C)CCOc1ccc(C(=O)Nc2sc3c(c2C#N)C[C@@H](C)CC3)cc1. The maximum Gasteiger partial charge on any atom is 0.256 e. The van der Waals surface area contributed by atoms with Gasteiger partial charge in [0.05, 0.1) is 12.2 Å². The molecular weight excluding hydrogens is 356 g/mol. The Morgan fingerprint density at radius 2 is 2.11 bits per heavy atom. The van der Waals surface area contributed by atoms with Crippen LogP contribution in [0.25, 0.3) is 0 Å². The number of thiophene rings is 1. The van der Waals surface area contributed by atoms with E-state index < -0.39 is 0 Å². The fourth-order valence-corrected chi connectivity index (χ4v) is 4.44. The zero-order valence-corrected chi connectivity index (χ0v) is 17.0. The van der Waals surface area contributed by atoms with E-state index in [0.29, 0.717) is 34.6 Å². The molecule has 1 atom stereocenters. The van der Waals surface area contributed by atoms with Crippen molar-refractivity contribution in [3.05, 3.63) is 45.8 Å². The standard InChI is InChI=1S/C22H26N2O2S/c1-14(2)10-11-26-17-7-5-16(6-8-17)21(25)24-22-19(13-23)18-12-15(3)4-9-20(18)27-22/h5-8,14-15H,4,9-12H2,1-3H3,(H,24,25)/t15-/m0/s1. The van der Waals surface area contributed by atoms with Gasteiger partial charge in [0.15, 0.2) is 0 Å². The van der Waals surface area contributed by atoms with Crippen LogP contribution in [0.5, 0.6) is 5.75 Å². The van der Waals surface area contributed by atoms with Gasteiger partial charge in [-0.3, -0.25) is 4.79 Å². The molecule has 3 rings (SSSR count). The molecule has 0 spiro atoms. The highest BCUT2D eigenvalue weighted by Crippen LogP contribution is 2.39. The lowest BCUT2D eigenvalue weighted by atomic mass is 9.88. The van der Waals surface area contributed by atoms with Crippen LogP contribution in [0.4, 0.5) is 5.00 Å². The Hall–Kier alpha value is -2.32. The Labute approximate surface area is 165 Å². The first kappa shape index (κ1) is 19.4. The monoisotopic (exact) mass is 382 g/mol. The number of nitriles is 1. The third kappa shape index (κ3) is 4.70. The maximum absolute atomic E-state index is 12.6. The number of aryl methyl sites for hydroxylation is 1. The third-order valence-corrected chi connectivity index (χ3v) is 6.13. The van der Waals surface area contributed by atoms with Gasteiger partial charge in [-0.2, -0.15) is 5.26 Å². The minimum Gasteiger partial charge on any atom is -0.494 e. The van der Waals surface area contributed by atoms with Crippen LogP contribution in [0, 0.1) is 23.2 Å². The van der Waals surface area contributed by atoms with Crippen LogP contribution in [0.15, 0.2) is 24.3 Å². The van der Waals surface area contributed by atoms with Crippen LogP contribution in [0.2, 0.25) is 0 Å². The van der Waals surface area contributed by atoms with Gasteiger partial charge in [0.25, 0.3) is 5.91 Å². The van der Waals surface area contributed by atoms with Crippen molar-refractivity contribution in [2.45, 2.75) is 46.5 Å². The Bertz CT molecular complexity index is 846. The zero-order chi connectivity index (χ0) is 19.4. The van der Waals surface area contributed by atoms with Crippen molar-refractivity contribution in [2.24, 2.45) is 11.8 Å². The number of hydrogen-bond donors (Lipinski definition) is 1. The van der Waals surface area contributed by atoms with E-state index in [0.717, 1.165) is 37.0 Å². The van der Waals surface area contributed by atoms with E-state index in [1.807, 2.05) is 12.1 Å². The summed E-state index contributed by atoms with van der Waals surface area (Å²) in [4.78, 5) is 13.9. The minimum atomic E-state index is -0.188. The van der Waals surface area contributed by atoms with E-state index in [1.165, 1.54) is 4.88 Å². The molecule has 0 aliphatic heterocycles. The number of fused-ring (bicyclic) bond motifs is 1. The number of anilines is 1. The number of carbonyl (C=O) groups excluding carboxylic acids is 1. The molecule has 0 fully saturated rings. The molecule has 4 nitrogen and oxygen atoms in total. The minimum absolute atomic E-state index is 0.188. The van der Waals surface area contributed by atoms with E-state index in [1.54, 1.807) is 23.5 Å². The van der Waals surface area contributed by atoms with Crippen LogP contribution in [-0.2, 0) is 12.8 Å². The smallest absolute Gasteiger partial charge is 0.256 e. The molecule has 2 aromatic rings. The molecule has 1 aliphatic carbocycles. The van der Waals surface area contributed by atoms with Gasteiger partial charge in [0.2, 0.25) is 0 Å². The van der Waals surface area contributed by atoms with Gasteiger partial charge in [-0.05, 0) is 67.3 Å². The molecular formula is C22H26N2O2S. The first-order chi connectivity index (χ1) is 13.0. The van der Waals surface area contributed by atoms with E-state index in [9.17, 15) is 10.1 Å². The van der Waals surface area contributed by atoms with Gasteiger partial charge < -0.3 is 10.1 Å². The summed E-state index contributed by atoms with van der Waals surface area (Å²) < 4.78 is 5.70. The van der Waals surface area contributed by atoms with E-state index in [4.69, 9.17) is 4.74 Å². The fourth-order valence-electron chi connectivity index (χ4n) is 3.25. The van der Waals surface area contributed by atoms with Gasteiger partial charge in [0.1, 0.15) is 16.8 Å². The second-order valence-corrected chi connectivity index (χ2v) is 8.78. The van der Waals surface area contributed by atoms with Crippen LogP contribution in [0.1, 0.15) is 60.0 Å². The second-order valence-electron chi connectivity index (χ2n) is 7.68. The van der Waals surface area contributed by atoms with Crippen molar-refractivity contribution < 1.29 is 9.53 Å². The van der Waals surface area contributed by atoms with Crippen molar-refractivity contribution in [2.75, 3.05) is 11.9 Å². The van der Waals surface area contributed by atoms with Gasteiger partial charge in [-0.15, -0.1) is 11.3 Å². The maximum atomic E-state index is 12.6. The number of carbonyl (C=O) groups is 1. The molecule has 0 saturated carbocycles. The molecule has 0 unspecified atom stereocenters. The predicted molar refractivity (Wildman–Crippen MR) is 110 cm³/mol. The highest BCUT2D eigenvalue weighted by atomic mass is 32.1. The first-order valence-electron chi connectivity index (χ1n) is 9.56. The Morgan fingerprint density at radius 3 is 2.78 bits per heavy atom. The van der Waals surface area contributed by atoms with Crippen LogP contribution in [0.3, 0.4) is 0 Å². The Balaban J connectivity index is 1.68. The van der Waals surface area contributed by atoms with Gasteiger partial charge in [0, 0.05) is 10.4 Å². The number of hydrogen-bond acceptors (Lipinski definition) is 4. The van der Waals surface area contributed by atoms with Crippen molar-refractivity contribution in [1.82, 2.24) is 0 Å². The quantitative estimate of drug-likeness (QED) is 0.725. The summed E-state index contributed by atoms with van der Waals surface area (Å²) in [6.45, 7) is 7.21. The number of rotatable bonds is 6. The first-order valence-corrected chi connectivity index (χ1v) is 10.4.